The van der Waals surface area contributed by atoms with Gasteiger partial charge in [0.25, 0.3) is 5.91 Å². The molecule has 9 nitrogen and oxygen atoms in total. The average molecular weight is 426 g/mol. The molecule has 0 spiro atoms. The second kappa shape index (κ2) is 12.0. The Bertz CT molecular complexity index is 941. The van der Waals surface area contributed by atoms with Gasteiger partial charge in [0.1, 0.15) is 0 Å². The first-order valence-corrected chi connectivity index (χ1v) is 9.80. The van der Waals surface area contributed by atoms with E-state index in [1.807, 2.05) is 38.1 Å². The van der Waals surface area contributed by atoms with Crippen LogP contribution in [0.5, 0.6) is 11.5 Å². The van der Waals surface area contributed by atoms with Gasteiger partial charge in [0, 0.05) is 12.2 Å². The molecule has 3 amide bonds. The van der Waals surface area contributed by atoms with Gasteiger partial charge in [-0.25, -0.2) is 5.43 Å². The first kappa shape index (κ1) is 23.4. The maximum Gasteiger partial charge on any atom is 0.329 e. The lowest BCUT2D eigenvalue weighted by atomic mass is 10.2. The molecule has 0 unspecified atom stereocenters. The summed E-state index contributed by atoms with van der Waals surface area (Å²) in [5.74, 6) is -1.11. The Hall–Kier alpha value is -3.88. The molecule has 0 aromatic heterocycles. The van der Waals surface area contributed by atoms with Crippen LogP contribution in [-0.2, 0) is 14.4 Å². The number of hydrazone groups is 1. The molecule has 0 radical (unpaired) electrons. The zero-order chi connectivity index (χ0) is 22.6. The molecule has 9 heteroatoms. The van der Waals surface area contributed by atoms with E-state index in [0.29, 0.717) is 35.9 Å². The summed E-state index contributed by atoms with van der Waals surface area (Å²) in [6, 6.07) is 12.4. The molecule has 0 aliphatic rings. The third kappa shape index (κ3) is 7.81. The summed E-state index contributed by atoms with van der Waals surface area (Å²) in [4.78, 5) is 35.0. The fourth-order valence-electron chi connectivity index (χ4n) is 2.43. The van der Waals surface area contributed by atoms with Crippen LogP contribution in [0, 0.1) is 6.92 Å². The zero-order valence-electron chi connectivity index (χ0n) is 17.7. The van der Waals surface area contributed by atoms with E-state index in [1.54, 1.807) is 25.1 Å². The van der Waals surface area contributed by atoms with Crippen LogP contribution in [0.25, 0.3) is 0 Å². The van der Waals surface area contributed by atoms with Crippen molar-refractivity contribution in [1.29, 1.82) is 0 Å². The number of ether oxygens (including phenoxy) is 2. The van der Waals surface area contributed by atoms with Crippen molar-refractivity contribution in [2.75, 3.05) is 25.1 Å². The molecule has 0 heterocycles. The van der Waals surface area contributed by atoms with Gasteiger partial charge in [-0.3, -0.25) is 14.4 Å². The lowest BCUT2D eigenvalue weighted by Crippen LogP contribution is -2.37. The molecule has 3 N–H and O–H groups in total. The minimum atomic E-state index is -0.859. The standard InChI is InChI=1S/C22H26N4O5/c1-4-23-21(28)22(29)26-24-13-16-8-11-18(19(12-16)30-5-2)31-14-20(27)25-17-9-6-15(3)7-10-17/h6-13H,4-5,14H2,1-3H3,(H,23,28)(H,25,27)(H,26,29)/b24-13-. The Morgan fingerprint density at radius 3 is 2.39 bits per heavy atom. The van der Waals surface area contributed by atoms with Gasteiger partial charge in [0.05, 0.1) is 12.8 Å². The number of nitrogens with zero attached hydrogens (tertiary/aromatic N) is 1. The maximum absolute atomic E-state index is 12.1. The smallest absolute Gasteiger partial charge is 0.329 e. The molecular formula is C22H26N4O5. The van der Waals surface area contributed by atoms with Gasteiger partial charge in [-0.1, -0.05) is 17.7 Å². The van der Waals surface area contributed by atoms with Gasteiger partial charge >= 0.3 is 11.8 Å². The Balaban J connectivity index is 1.96. The molecule has 2 aromatic rings. The Morgan fingerprint density at radius 1 is 0.968 bits per heavy atom. The molecular weight excluding hydrogens is 400 g/mol. The minimum Gasteiger partial charge on any atom is -0.490 e. The number of carbonyl (C=O) groups is 3. The van der Waals surface area contributed by atoms with E-state index >= 15 is 0 Å². The quantitative estimate of drug-likeness (QED) is 0.322. The fourth-order valence-corrected chi connectivity index (χ4v) is 2.43. The molecule has 0 atom stereocenters. The predicted octanol–water partition coefficient (Wildman–Crippen LogP) is 2.00. The molecule has 0 aliphatic heterocycles. The van der Waals surface area contributed by atoms with Crippen molar-refractivity contribution in [3.05, 3.63) is 53.6 Å². The van der Waals surface area contributed by atoms with E-state index in [4.69, 9.17) is 9.47 Å². The summed E-state index contributed by atoms with van der Waals surface area (Å²) < 4.78 is 11.2. The Morgan fingerprint density at radius 2 is 1.71 bits per heavy atom. The van der Waals surface area contributed by atoms with Gasteiger partial charge in [0.15, 0.2) is 18.1 Å². The molecule has 0 saturated heterocycles. The third-order valence-electron chi connectivity index (χ3n) is 3.88. The summed E-state index contributed by atoms with van der Waals surface area (Å²) in [6.07, 6.45) is 1.37. The number of rotatable bonds is 9. The Labute approximate surface area is 180 Å². The zero-order valence-corrected chi connectivity index (χ0v) is 17.7. The number of aryl methyl sites for hydroxylation is 1. The van der Waals surface area contributed by atoms with Crippen molar-refractivity contribution in [3.63, 3.8) is 0 Å². The number of nitrogens with one attached hydrogen (secondary N) is 3. The average Bonchev–Trinajstić information content (AvgIpc) is 2.75. The van der Waals surface area contributed by atoms with Crippen LogP contribution in [-0.4, -0.2) is 43.7 Å². The summed E-state index contributed by atoms with van der Waals surface area (Å²) in [5, 5.41) is 8.89. The van der Waals surface area contributed by atoms with Crippen molar-refractivity contribution >= 4 is 29.6 Å². The summed E-state index contributed by atoms with van der Waals surface area (Å²) in [5.41, 5.74) is 4.54. The van der Waals surface area contributed by atoms with Crippen LogP contribution < -0.4 is 25.5 Å². The van der Waals surface area contributed by atoms with Crippen molar-refractivity contribution in [3.8, 4) is 11.5 Å². The van der Waals surface area contributed by atoms with Gasteiger partial charge in [-0.05, 0) is 56.7 Å². The van der Waals surface area contributed by atoms with E-state index < -0.39 is 11.8 Å². The molecule has 0 bridgehead atoms. The van der Waals surface area contributed by atoms with Crippen molar-refractivity contribution in [2.45, 2.75) is 20.8 Å². The number of likely N-dealkylation sites (N-methyl/N-ethyl adjacent to an activating group) is 1. The van der Waals surface area contributed by atoms with E-state index in [9.17, 15) is 14.4 Å². The van der Waals surface area contributed by atoms with Crippen LogP contribution in [0.3, 0.4) is 0 Å². The van der Waals surface area contributed by atoms with Crippen molar-refractivity contribution in [1.82, 2.24) is 10.7 Å². The van der Waals surface area contributed by atoms with Crippen LogP contribution in [0.15, 0.2) is 47.6 Å². The molecule has 164 valence electrons. The van der Waals surface area contributed by atoms with Gasteiger partial charge in [-0.2, -0.15) is 5.10 Å². The van der Waals surface area contributed by atoms with Crippen molar-refractivity contribution in [2.24, 2.45) is 5.10 Å². The van der Waals surface area contributed by atoms with Gasteiger partial charge < -0.3 is 20.1 Å². The Kier molecular flexibility index (Phi) is 9.03. The van der Waals surface area contributed by atoms with Crippen LogP contribution in [0.2, 0.25) is 0 Å². The SMILES string of the molecule is CCNC(=O)C(=O)N/N=C\c1ccc(OCC(=O)Nc2ccc(C)cc2)c(OCC)c1. The van der Waals surface area contributed by atoms with Crippen LogP contribution >= 0.6 is 0 Å². The topological polar surface area (TPSA) is 118 Å². The largest absolute Gasteiger partial charge is 0.490 e. The molecule has 0 aliphatic carbocycles. The van der Waals surface area contributed by atoms with E-state index in [2.05, 4.69) is 21.2 Å². The number of hydrogen-bond acceptors (Lipinski definition) is 6. The second-order valence-electron chi connectivity index (χ2n) is 6.40. The minimum absolute atomic E-state index is 0.190. The maximum atomic E-state index is 12.1. The lowest BCUT2D eigenvalue weighted by molar-refractivity contribution is -0.139. The van der Waals surface area contributed by atoms with E-state index in [1.165, 1.54) is 6.21 Å². The highest BCUT2D eigenvalue weighted by molar-refractivity contribution is 6.35. The van der Waals surface area contributed by atoms with Gasteiger partial charge in [-0.15, -0.1) is 0 Å². The first-order chi connectivity index (χ1) is 14.9. The molecule has 0 saturated carbocycles. The lowest BCUT2D eigenvalue weighted by Gasteiger charge is -2.12. The second-order valence-corrected chi connectivity index (χ2v) is 6.40. The monoisotopic (exact) mass is 426 g/mol. The predicted molar refractivity (Wildman–Crippen MR) is 117 cm³/mol. The molecule has 31 heavy (non-hydrogen) atoms. The van der Waals surface area contributed by atoms with Crippen LogP contribution in [0.4, 0.5) is 5.69 Å². The van der Waals surface area contributed by atoms with Gasteiger partial charge in [0.2, 0.25) is 0 Å². The number of hydrogen-bond donors (Lipinski definition) is 3. The molecule has 0 fully saturated rings. The van der Waals surface area contributed by atoms with E-state index in [-0.39, 0.29) is 12.5 Å². The van der Waals surface area contributed by atoms with Crippen LogP contribution in [0.1, 0.15) is 25.0 Å². The molecule has 2 aromatic carbocycles. The summed E-state index contributed by atoms with van der Waals surface area (Å²) in [7, 11) is 0. The molecule has 2 rings (SSSR count). The number of anilines is 1. The third-order valence-corrected chi connectivity index (χ3v) is 3.88. The summed E-state index contributed by atoms with van der Waals surface area (Å²) in [6.45, 7) is 6.04. The number of benzene rings is 2. The fraction of sp³-hybridized carbons (Fsp3) is 0.273. The van der Waals surface area contributed by atoms with E-state index in [0.717, 1.165) is 5.56 Å². The number of carbonyl (C=O) groups excluding carboxylic acids is 3. The summed E-state index contributed by atoms with van der Waals surface area (Å²) >= 11 is 0. The number of amides is 3. The first-order valence-electron chi connectivity index (χ1n) is 9.80. The highest BCUT2D eigenvalue weighted by Gasteiger charge is 2.11. The normalized spacial score (nSPS) is 10.4. The van der Waals surface area contributed by atoms with Crippen molar-refractivity contribution < 1.29 is 23.9 Å². The highest BCUT2D eigenvalue weighted by Crippen LogP contribution is 2.28. The highest BCUT2D eigenvalue weighted by atomic mass is 16.5.